The number of nitrogens with one attached hydrogen (secondary N) is 1. The smallest absolute Gasteiger partial charge is 0.407 e. The fourth-order valence-corrected chi connectivity index (χ4v) is 3.44. The molecular weight excluding hydrogens is 406 g/mol. The lowest BCUT2D eigenvalue weighted by molar-refractivity contribution is -0.0398. The van der Waals surface area contributed by atoms with E-state index >= 15 is 0 Å². The maximum absolute atomic E-state index is 12.6. The molecule has 0 aromatic heterocycles. The molecule has 1 amide bonds. The Balaban J connectivity index is 1.97. The molecule has 0 saturated carbocycles. The highest BCUT2D eigenvalue weighted by Gasteiger charge is 2.25. The van der Waals surface area contributed by atoms with Gasteiger partial charge < -0.3 is 14.8 Å². The maximum atomic E-state index is 12.6. The minimum Gasteiger partial charge on any atom is -0.445 e. The van der Waals surface area contributed by atoms with E-state index in [4.69, 9.17) is 13.7 Å². The van der Waals surface area contributed by atoms with Gasteiger partial charge in [0.05, 0.1) is 23.6 Å². The Morgan fingerprint density at radius 1 is 1.03 bits per heavy atom. The summed E-state index contributed by atoms with van der Waals surface area (Å²) in [5.74, 6) is 0. The average Bonchev–Trinajstić information content (AvgIpc) is 2.69. The highest BCUT2D eigenvalue weighted by molar-refractivity contribution is 7.86. The van der Waals surface area contributed by atoms with Crippen molar-refractivity contribution in [3.05, 3.63) is 65.7 Å². The molecule has 0 heterocycles. The van der Waals surface area contributed by atoms with Gasteiger partial charge in [-0.3, -0.25) is 4.18 Å². The zero-order valence-electron chi connectivity index (χ0n) is 17.8. The number of carbonyl (C=O) groups excluding carboxylic acids is 1. The van der Waals surface area contributed by atoms with Crippen LogP contribution in [0.4, 0.5) is 4.79 Å². The van der Waals surface area contributed by atoms with Gasteiger partial charge in [-0.15, -0.1) is 0 Å². The zero-order chi connectivity index (χ0) is 22.2. The summed E-state index contributed by atoms with van der Waals surface area (Å²) < 4.78 is 41.4. The number of carbonyl (C=O) groups is 1. The van der Waals surface area contributed by atoms with Gasteiger partial charge in [-0.2, -0.15) is 8.42 Å². The van der Waals surface area contributed by atoms with Crippen molar-refractivity contribution >= 4 is 16.2 Å². The summed E-state index contributed by atoms with van der Waals surface area (Å²) in [5, 5.41) is 2.54. The van der Waals surface area contributed by atoms with E-state index < -0.39 is 27.9 Å². The van der Waals surface area contributed by atoms with Crippen LogP contribution in [0.3, 0.4) is 0 Å². The van der Waals surface area contributed by atoms with E-state index in [1.165, 1.54) is 12.1 Å². The Kier molecular flexibility index (Phi) is 8.40. The first kappa shape index (κ1) is 23.9. The molecule has 2 aromatic rings. The van der Waals surface area contributed by atoms with Gasteiger partial charge in [0.15, 0.2) is 0 Å². The van der Waals surface area contributed by atoms with Gasteiger partial charge >= 0.3 is 6.09 Å². The topological polar surface area (TPSA) is 90.9 Å². The second-order valence-electron chi connectivity index (χ2n) is 7.85. The Morgan fingerprint density at radius 2 is 1.67 bits per heavy atom. The molecule has 7 nitrogen and oxygen atoms in total. The summed E-state index contributed by atoms with van der Waals surface area (Å²) >= 11 is 0. The van der Waals surface area contributed by atoms with Crippen molar-refractivity contribution in [2.75, 3.05) is 13.2 Å². The minimum atomic E-state index is -4.02. The standard InChI is InChI=1S/C22H29NO6S/c1-17-10-12-20(13-11-17)30(25,26)29-19(16-28-22(2,3)4)14-23-21(24)27-15-18-8-6-5-7-9-18/h5-13,19H,14-16H2,1-4H3,(H,23,24). The molecule has 30 heavy (non-hydrogen) atoms. The van der Waals surface area contributed by atoms with Crippen LogP contribution in [0.2, 0.25) is 0 Å². The van der Waals surface area contributed by atoms with Crippen molar-refractivity contribution in [1.29, 1.82) is 0 Å². The highest BCUT2D eigenvalue weighted by Crippen LogP contribution is 2.17. The molecule has 0 aliphatic heterocycles. The van der Waals surface area contributed by atoms with E-state index in [1.807, 2.05) is 58.0 Å². The van der Waals surface area contributed by atoms with E-state index in [2.05, 4.69) is 5.32 Å². The molecule has 0 fully saturated rings. The number of rotatable bonds is 9. The Labute approximate surface area is 178 Å². The average molecular weight is 436 g/mol. The molecular formula is C22H29NO6S. The largest absolute Gasteiger partial charge is 0.445 e. The summed E-state index contributed by atoms with van der Waals surface area (Å²) in [6.07, 6.45) is -1.59. The van der Waals surface area contributed by atoms with Crippen LogP contribution in [-0.4, -0.2) is 39.4 Å². The van der Waals surface area contributed by atoms with Crippen LogP contribution in [0.15, 0.2) is 59.5 Å². The van der Waals surface area contributed by atoms with Gasteiger partial charge in [-0.25, -0.2) is 4.79 Å². The molecule has 0 bridgehead atoms. The SMILES string of the molecule is Cc1ccc(S(=O)(=O)OC(CNC(=O)OCc2ccccc2)COC(C)(C)C)cc1. The van der Waals surface area contributed by atoms with Crippen LogP contribution < -0.4 is 5.32 Å². The third kappa shape index (κ3) is 8.52. The van der Waals surface area contributed by atoms with Crippen LogP contribution in [0.1, 0.15) is 31.9 Å². The summed E-state index contributed by atoms with van der Waals surface area (Å²) in [6.45, 7) is 7.41. The van der Waals surface area contributed by atoms with E-state index in [1.54, 1.807) is 12.1 Å². The number of benzene rings is 2. The van der Waals surface area contributed by atoms with E-state index in [0.29, 0.717) is 0 Å². The lowest BCUT2D eigenvalue weighted by Crippen LogP contribution is -2.39. The van der Waals surface area contributed by atoms with Gasteiger partial charge in [-0.05, 0) is 45.4 Å². The minimum absolute atomic E-state index is 0.0203. The Morgan fingerprint density at radius 3 is 2.27 bits per heavy atom. The van der Waals surface area contributed by atoms with Crippen molar-refractivity contribution < 1.29 is 26.9 Å². The third-order valence-electron chi connectivity index (χ3n) is 3.96. The Bertz CT molecular complexity index is 905. The quantitative estimate of drug-likeness (QED) is 0.603. The fraction of sp³-hybridized carbons (Fsp3) is 0.409. The monoisotopic (exact) mass is 435 g/mol. The first-order valence-corrected chi connectivity index (χ1v) is 11.0. The van der Waals surface area contributed by atoms with Crippen molar-refractivity contribution in [3.8, 4) is 0 Å². The molecule has 1 atom stereocenters. The summed E-state index contributed by atoms with van der Waals surface area (Å²) in [5.41, 5.74) is 1.28. The molecule has 0 radical (unpaired) electrons. The summed E-state index contributed by atoms with van der Waals surface area (Å²) in [4.78, 5) is 12.1. The van der Waals surface area contributed by atoms with Gasteiger partial charge in [-0.1, -0.05) is 48.0 Å². The first-order valence-electron chi connectivity index (χ1n) is 9.64. The van der Waals surface area contributed by atoms with Gasteiger partial charge in [0.1, 0.15) is 12.7 Å². The van der Waals surface area contributed by atoms with E-state index in [-0.39, 0.29) is 24.7 Å². The van der Waals surface area contributed by atoms with E-state index in [9.17, 15) is 13.2 Å². The maximum Gasteiger partial charge on any atom is 0.407 e. The van der Waals surface area contributed by atoms with Gasteiger partial charge in [0.2, 0.25) is 0 Å². The van der Waals surface area contributed by atoms with Crippen LogP contribution in [0.25, 0.3) is 0 Å². The predicted octanol–water partition coefficient (Wildman–Crippen LogP) is 3.81. The molecule has 1 N–H and O–H groups in total. The number of ether oxygens (including phenoxy) is 2. The van der Waals surface area contributed by atoms with Crippen molar-refractivity contribution in [1.82, 2.24) is 5.32 Å². The molecule has 0 saturated heterocycles. The lowest BCUT2D eigenvalue weighted by atomic mass is 10.2. The second kappa shape index (κ2) is 10.6. The predicted molar refractivity (Wildman–Crippen MR) is 114 cm³/mol. The number of alkyl carbamates (subject to hydrolysis) is 1. The third-order valence-corrected chi connectivity index (χ3v) is 5.34. The number of hydrogen-bond acceptors (Lipinski definition) is 6. The zero-order valence-corrected chi connectivity index (χ0v) is 18.6. The van der Waals surface area contributed by atoms with Crippen LogP contribution in [-0.2, 0) is 30.4 Å². The molecule has 2 aromatic carbocycles. The van der Waals surface area contributed by atoms with Crippen LogP contribution in [0.5, 0.6) is 0 Å². The lowest BCUT2D eigenvalue weighted by Gasteiger charge is -2.24. The molecule has 164 valence electrons. The van der Waals surface area contributed by atoms with Crippen molar-refractivity contribution in [2.45, 2.75) is 50.9 Å². The van der Waals surface area contributed by atoms with Crippen LogP contribution in [0, 0.1) is 6.92 Å². The first-order chi connectivity index (χ1) is 14.0. The van der Waals surface area contributed by atoms with E-state index in [0.717, 1.165) is 11.1 Å². The molecule has 0 aliphatic rings. The summed E-state index contributed by atoms with van der Waals surface area (Å²) in [6, 6.07) is 15.6. The number of amides is 1. The Hall–Kier alpha value is -2.42. The van der Waals surface area contributed by atoms with Crippen LogP contribution >= 0.6 is 0 Å². The van der Waals surface area contributed by atoms with Crippen molar-refractivity contribution in [2.24, 2.45) is 0 Å². The number of hydrogen-bond donors (Lipinski definition) is 1. The van der Waals surface area contributed by atoms with Gasteiger partial charge in [0.25, 0.3) is 10.1 Å². The van der Waals surface area contributed by atoms with Gasteiger partial charge in [0, 0.05) is 0 Å². The number of aryl methyl sites for hydroxylation is 1. The molecule has 1 unspecified atom stereocenters. The van der Waals surface area contributed by atoms with Crippen molar-refractivity contribution in [3.63, 3.8) is 0 Å². The highest BCUT2D eigenvalue weighted by atomic mass is 32.2. The second-order valence-corrected chi connectivity index (χ2v) is 9.42. The molecule has 8 heteroatoms. The molecule has 0 spiro atoms. The molecule has 2 rings (SSSR count). The molecule has 0 aliphatic carbocycles. The fourth-order valence-electron chi connectivity index (χ4n) is 2.37. The summed E-state index contributed by atoms with van der Waals surface area (Å²) in [7, 11) is -4.02. The normalized spacial score (nSPS) is 12.9.